The van der Waals surface area contributed by atoms with Crippen LogP contribution in [0.3, 0.4) is 0 Å². The Labute approximate surface area is 113 Å². The molecule has 2 bridgehead atoms. The van der Waals surface area contributed by atoms with Crippen LogP contribution in [0.5, 0.6) is 0 Å². The van der Waals surface area contributed by atoms with Crippen LogP contribution in [0.25, 0.3) is 0 Å². The maximum Gasteiger partial charge on any atom is 0.311 e. The first-order valence-electron chi connectivity index (χ1n) is 7.14. The first kappa shape index (κ1) is 11.5. The van der Waals surface area contributed by atoms with Crippen molar-refractivity contribution in [1.82, 2.24) is 4.90 Å². The molecule has 0 saturated carbocycles. The van der Waals surface area contributed by atoms with Crippen molar-refractivity contribution in [2.45, 2.75) is 43.9 Å². The molecule has 1 aromatic carbocycles. The molecule has 0 unspecified atom stereocenters. The Morgan fingerprint density at radius 2 is 1.95 bits per heavy atom. The SMILES string of the molecule is Cc1ccc([C@@H]2C[C@@H]3C[C@@H]4OC(=O)[C@H]2[C@@H]4N3C)cc1. The Kier molecular flexibility index (Phi) is 2.31. The Morgan fingerprint density at radius 1 is 1.21 bits per heavy atom. The lowest BCUT2D eigenvalue weighted by atomic mass is 9.77. The van der Waals surface area contributed by atoms with Crippen molar-refractivity contribution in [1.29, 1.82) is 0 Å². The van der Waals surface area contributed by atoms with E-state index in [4.69, 9.17) is 4.74 Å². The van der Waals surface area contributed by atoms with E-state index in [1.807, 2.05) is 0 Å². The Morgan fingerprint density at radius 3 is 2.68 bits per heavy atom. The summed E-state index contributed by atoms with van der Waals surface area (Å²) >= 11 is 0. The molecule has 0 aliphatic carbocycles. The first-order chi connectivity index (χ1) is 9.15. The van der Waals surface area contributed by atoms with Gasteiger partial charge in [-0.25, -0.2) is 0 Å². The average molecular weight is 257 g/mol. The van der Waals surface area contributed by atoms with Crippen LogP contribution < -0.4 is 0 Å². The van der Waals surface area contributed by atoms with Crippen molar-refractivity contribution < 1.29 is 9.53 Å². The van der Waals surface area contributed by atoms with Crippen LogP contribution in [0.15, 0.2) is 24.3 Å². The van der Waals surface area contributed by atoms with Gasteiger partial charge in [0.15, 0.2) is 0 Å². The largest absolute Gasteiger partial charge is 0.460 e. The van der Waals surface area contributed by atoms with Gasteiger partial charge in [-0.15, -0.1) is 0 Å². The number of rotatable bonds is 1. The summed E-state index contributed by atoms with van der Waals surface area (Å²) in [5.74, 6) is 0.397. The van der Waals surface area contributed by atoms with Gasteiger partial charge < -0.3 is 4.74 Å². The number of hydrogen-bond acceptors (Lipinski definition) is 3. The lowest BCUT2D eigenvalue weighted by Crippen LogP contribution is -2.47. The van der Waals surface area contributed by atoms with Crippen molar-refractivity contribution in [3.8, 4) is 0 Å². The molecule has 0 aromatic heterocycles. The van der Waals surface area contributed by atoms with Crippen molar-refractivity contribution in [3.63, 3.8) is 0 Å². The molecule has 3 aliphatic heterocycles. The van der Waals surface area contributed by atoms with Crippen LogP contribution in [-0.2, 0) is 9.53 Å². The molecule has 0 spiro atoms. The summed E-state index contributed by atoms with van der Waals surface area (Å²) in [6, 6.07) is 9.54. The fourth-order valence-corrected chi connectivity index (χ4v) is 4.31. The van der Waals surface area contributed by atoms with Gasteiger partial charge in [-0.3, -0.25) is 9.69 Å². The second-order valence-electron chi connectivity index (χ2n) is 6.30. The van der Waals surface area contributed by atoms with Gasteiger partial charge in [-0.05, 0) is 26.0 Å². The van der Waals surface area contributed by atoms with Gasteiger partial charge >= 0.3 is 5.97 Å². The highest BCUT2D eigenvalue weighted by Gasteiger charge is 2.60. The minimum atomic E-state index is 0.0191. The van der Waals surface area contributed by atoms with Gasteiger partial charge in [0.1, 0.15) is 6.10 Å². The third kappa shape index (κ3) is 1.51. The highest BCUT2D eigenvalue weighted by atomic mass is 16.6. The number of esters is 1. The third-order valence-corrected chi connectivity index (χ3v) is 5.30. The maximum absolute atomic E-state index is 12.2. The van der Waals surface area contributed by atoms with E-state index in [9.17, 15) is 4.79 Å². The number of piperidine rings is 1. The summed E-state index contributed by atoms with van der Waals surface area (Å²) in [5.41, 5.74) is 2.57. The first-order valence-corrected chi connectivity index (χ1v) is 7.14. The third-order valence-electron chi connectivity index (χ3n) is 5.30. The second kappa shape index (κ2) is 3.83. The molecule has 3 heterocycles. The molecular weight excluding hydrogens is 238 g/mol. The van der Waals surface area contributed by atoms with Crippen molar-refractivity contribution >= 4 is 5.97 Å². The van der Waals surface area contributed by atoms with Gasteiger partial charge in [-0.1, -0.05) is 29.8 Å². The second-order valence-corrected chi connectivity index (χ2v) is 6.30. The van der Waals surface area contributed by atoms with Crippen LogP contribution in [0.1, 0.15) is 29.9 Å². The van der Waals surface area contributed by atoms with E-state index in [1.54, 1.807) is 0 Å². The monoisotopic (exact) mass is 257 g/mol. The van der Waals surface area contributed by atoms with Gasteiger partial charge in [0.25, 0.3) is 0 Å². The molecule has 0 radical (unpaired) electrons. The highest BCUT2D eigenvalue weighted by molar-refractivity contribution is 5.78. The molecule has 5 atom stereocenters. The molecule has 1 aromatic rings. The molecular formula is C16H19NO2. The van der Waals surface area contributed by atoms with Crippen LogP contribution in [0, 0.1) is 12.8 Å². The van der Waals surface area contributed by atoms with E-state index in [0.717, 1.165) is 12.8 Å². The summed E-state index contributed by atoms with van der Waals surface area (Å²) < 4.78 is 5.58. The van der Waals surface area contributed by atoms with Crippen LogP contribution in [-0.4, -0.2) is 36.1 Å². The summed E-state index contributed by atoms with van der Waals surface area (Å²) in [4.78, 5) is 14.6. The van der Waals surface area contributed by atoms with Gasteiger partial charge in [0.2, 0.25) is 0 Å². The molecule has 3 heteroatoms. The highest BCUT2D eigenvalue weighted by Crippen LogP contribution is 2.51. The van der Waals surface area contributed by atoms with E-state index in [2.05, 4.69) is 43.1 Å². The zero-order valence-corrected chi connectivity index (χ0v) is 11.4. The van der Waals surface area contributed by atoms with Gasteiger partial charge in [0, 0.05) is 18.4 Å². The number of carbonyl (C=O) groups excluding carboxylic acids is 1. The normalized spacial score (nSPS) is 40.5. The minimum Gasteiger partial charge on any atom is -0.460 e. The molecule has 0 N–H and O–H groups in total. The standard InChI is InChI=1S/C16H19NO2/c1-9-3-5-10(6-4-9)12-7-11-8-13-15(17(11)2)14(12)16(18)19-13/h3-6,11-15H,7-8H2,1-2H3/t11-,12+,13+,14-,15-/m1/s1. The number of likely N-dealkylation sites (N-methyl/N-ethyl adjacent to an activating group) is 1. The number of aryl methyl sites for hydroxylation is 1. The predicted molar refractivity (Wildman–Crippen MR) is 71.9 cm³/mol. The minimum absolute atomic E-state index is 0.0191. The van der Waals surface area contributed by atoms with Gasteiger partial charge in [0.05, 0.1) is 12.0 Å². The number of benzene rings is 1. The number of fused-ring (bicyclic) bond motifs is 1. The molecule has 3 nitrogen and oxygen atoms in total. The molecule has 100 valence electrons. The Balaban J connectivity index is 1.74. The van der Waals surface area contributed by atoms with E-state index in [-0.39, 0.29) is 18.0 Å². The van der Waals surface area contributed by atoms with E-state index in [0.29, 0.717) is 18.0 Å². The van der Waals surface area contributed by atoms with Crippen molar-refractivity contribution in [2.24, 2.45) is 5.92 Å². The zero-order chi connectivity index (χ0) is 13.1. The molecule has 0 amide bonds. The quantitative estimate of drug-likeness (QED) is 0.722. The van der Waals surface area contributed by atoms with E-state index in [1.165, 1.54) is 11.1 Å². The topological polar surface area (TPSA) is 29.5 Å². The predicted octanol–water partition coefficient (Wildman–Crippen LogP) is 2.10. The number of ether oxygens (including phenoxy) is 1. The van der Waals surface area contributed by atoms with Crippen LogP contribution in [0.2, 0.25) is 0 Å². The number of nitrogens with zero attached hydrogens (tertiary/aromatic N) is 1. The zero-order valence-electron chi connectivity index (χ0n) is 11.4. The number of hydrogen-bond donors (Lipinski definition) is 0. The molecule has 3 saturated heterocycles. The number of carbonyl (C=O) groups is 1. The molecule has 4 rings (SSSR count). The lowest BCUT2D eigenvalue weighted by molar-refractivity contribution is -0.146. The average Bonchev–Trinajstić information content (AvgIpc) is 2.78. The lowest BCUT2D eigenvalue weighted by Gasteiger charge is -2.39. The van der Waals surface area contributed by atoms with E-state index < -0.39 is 0 Å². The van der Waals surface area contributed by atoms with Crippen molar-refractivity contribution in [3.05, 3.63) is 35.4 Å². The fraction of sp³-hybridized carbons (Fsp3) is 0.562. The Bertz CT molecular complexity index is 524. The van der Waals surface area contributed by atoms with Crippen LogP contribution >= 0.6 is 0 Å². The van der Waals surface area contributed by atoms with Crippen molar-refractivity contribution in [2.75, 3.05) is 7.05 Å². The summed E-state index contributed by atoms with van der Waals surface area (Å²) in [7, 11) is 2.15. The molecule has 19 heavy (non-hydrogen) atoms. The summed E-state index contributed by atoms with van der Waals surface area (Å²) in [6.45, 7) is 2.10. The Hall–Kier alpha value is -1.35. The molecule has 3 fully saturated rings. The van der Waals surface area contributed by atoms with E-state index >= 15 is 0 Å². The smallest absolute Gasteiger partial charge is 0.311 e. The summed E-state index contributed by atoms with van der Waals surface area (Å²) in [5, 5.41) is 0. The summed E-state index contributed by atoms with van der Waals surface area (Å²) in [6.07, 6.45) is 2.25. The fourth-order valence-electron chi connectivity index (χ4n) is 4.31. The van der Waals surface area contributed by atoms with Crippen LogP contribution in [0.4, 0.5) is 0 Å². The van der Waals surface area contributed by atoms with Gasteiger partial charge in [-0.2, -0.15) is 0 Å². The maximum atomic E-state index is 12.2. The molecule has 3 aliphatic rings.